The van der Waals surface area contributed by atoms with Gasteiger partial charge < -0.3 is 5.32 Å². The largest absolute Gasteiger partial charge is 0.378 e. The summed E-state index contributed by atoms with van der Waals surface area (Å²) in [5.41, 5.74) is 1.48. The molecule has 0 aromatic heterocycles. The number of hydrogen-bond donors (Lipinski definition) is 1. The number of nitrogens with one attached hydrogen (secondary N) is 1. The van der Waals surface area contributed by atoms with Crippen LogP contribution >= 0.6 is 27.5 Å². The Morgan fingerprint density at radius 2 is 1.84 bits per heavy atom. The van der Waals surface area contributed by atoms with Crippen LogP contribution < -0.4 is 5.32 Å². The van der Waals surface area contributed by atoms with E-state index in [1.165, 1.54) is 6.07 Å². The molecule has 0 heterocycles. The Hall–Kier alpha value is -1.13. The Kier molecular flexibility index (Phi) is 4.42. The maximum Gasteiger partial charge on any atom is 0.159 e. The summed E-state index contributed by atoms with van der Waals surface area (Å²) >= 11 is 9.30. The molecule has 5 heteroatoms. The summed E-state index contributed by atoms with van der Waals surface area (Å²) in [7, 11) is 0. The van der Waals surface area contributed by atoms with Crippen LogP contribution in [0.25, 0.3) is 0 Å². The molecular formula is C14H11BrClF2N. The van der Waals surface area contributed by atoms with E-state index in [9.17, 15) is 8.78 Å². The van der Waals surface area contributed by atoms with Gasteiger partial charge in [-0.3, -0.25) is 0 Å². The van der Waals surface area contributed by atoms with Gasteiger partial charge in [-0.05, 0) is 58.7 Å². The van der Waals surface area contributed by atoms with Gasteiger partial charge in [0, 0.05) is 16.2 Å². The average Bonchev–Trinajstić information content (AvgIpc) is 2.37. The van der Waals surface area contributed by atoms with Crippen LogP contribution in [0.15, 0.2) is 40.9 Å². The highest BCUT2D eigenvalue weighted by molar-refractivity contribution is 9.10. The topological polar surface area (TPSA) is 12.0 Å². The maximum atomic E-state index is 13.2. The molecule has 2 aromatic carbocycles. The lowest BCUT2D eigenvalue weighted by Crippen LogP contribution is -2.07. The summed E-state index contributed by atoms with van der Waals surface area (Å²) in [6, 6.07) is 9.14. The SMILES string of the molecule is CC(Nc1ccc(Br)c(Cl)c1)c1ccc(F)c(F)c1. The highest BCUT2D eigenvalue weighted by Gasteiger charge is 2.09. The molecule has 2 rings (SSSR count). The van der Waals surface area contributed by atoms with Crippen LogP contribution in [0.1, 0.15) is 18.5 Å². The molecule has 2 aromatic rings. The Morgan fingerprint density at radius 1 is 1.11 bits per heavy atom. The van der Waals surface area contributed by atoms with Gasteiger partial charge in [-0.25, -0.2) is 8.78 Å². The van der Waals surface area contributed by atoms with E-state index in [1.54, 1.807) is 12.1 Å². The Bertz CT molecular complexity index is 604. The van der Waals surface area contributed by atoms with E-state index in [0.29, 0.717) is 10.6 Å². The van der Waals surface area contributed by atoms with Crippen molar-refractivity contribution in [3.05, 3.63) is 63.1 Å². The average molecular weight is 347 g/mol. The fraction of sp³-hybridized carbons (Fsp3) is 0.143. The standard InChI is InChI=1S/C14H11BrClF2N/c1-8(9-2-5-13(17)14(18)6-9)19-10-3-4-11(15)12(16)7-10/h2-8,19H,1H3. The van der Waals surface area contributed by atoms with E-state index >= 15 is 0 Å². The normalized spacial score (nSPS) is 12.3. The second-order valence-corrected chi connectivity index (χ2v) is 5.43. The van der Waals surface area contributed by atoms with Crippen molar-refractivity contribution in [2.24, 2.45) is 0 Å². The van der Waals surface area contributed by atoms with Crippen molar-refractivity contribution in [2.75, 3.05) is 5.32 Å². The molecule has 0 amide bonds. The van der Waals surface area contributed by atoms with E-state index in [4.69, 9.17) is 11.6 Å². The lowest BCUT2D eigenvalue weighted by Gasteiger charge is -2.16. The Balaban J connectivity index is 2.17. The zero-order valence-electron chi connectivity index (χ0n) is 10.1. The molecule has 1 nitrogen and oxygen atoms in total. The number of anilines is 1. The van der Waals surface area contributed by atoms with Crippen LogP contribution in [0, 0.1) is 11.6 Å². The minimum Gasteiger partial charge on any atom is -0.378 e. The maximum absolute atomic E-state index is 13.2. The van der Waals surface area contributed by atoms with Gasteiger partial charge in [-0.2, -0.15) is 0 Å². The van der Waals surface area contributed by atoms with Crippen LogP contribution in [0.4, 0.5) is 14.5 Å². The molecular weight excluding hydrogens is 336 g/mol. The number of benzene rings is 2. The lowest BCUT2D eigenvalue weighted by molar-refractivity contribution is 0.506. The van der Waals surface area contributed by atoms with Crippen molar-refractivity contribution in [2.45, 2.75) is 13.0 Å². The van der Waals surface area contributed by atoms with Gasteiger partial charge in [-0.15, -0.1) is 0 Å². The second-order valence-electron chi connectivity index (χ2n) is 4.17. The third-order valence-electron chi connectivity index (χ3n) is 2.75. The summed E-state index contributed by atoms with van der Waals surface area (Å²) in [6.07, 6.45) is 0. The van der Waals surface area contributed by atoms with Gasteiger partial charge in [0.2, 0.25) is 0 Å². The Morgan fingerprint density at radius 3 is 2.47 bits per heavy atom. The first-order valence-electron chi connectivity index (χ1n) is 5.64. The summed E-state index contributed by atoms with van der Waals surface area (Å²) in [4.78, 5) is 0. The van der Waals surface area contributed by atoms with Crippen LogP contribution in [0.5, 0.6) is 0 Å². The fourth-order valence-corrected chi connectivity index (χ4v) is 2.13. The predicted molar refractivity (Wildman–Crippen MR) is 77.5 cm³/mol. The van der Waals surface area contributed by atoms with Gasteiger partial charge in [0.1, 0.15) is 0 Å². The molecule has 1 atom stereocenters. The van der Waals surface area contributed by atoms with E-state index in [-0.39, 0.29) is 6.04 Å². The van der Waals surface area contributed by atoms with E-state index in [1.807, 2.05) is 19.1 Å². The smallest absolute Gasteiger partial charge is 0.159 e. The number of halogens is 4. The molecule has 0 spiro atoms. The summed E-state index contributed by atoms with van der Waals surface area (Å²) in [5, 5.41) is 3.76. The highest BCUT2D eigenvalue weighted by Crippen LogP contribution is 2.28. The van der Waals surface area contributed by atoms with Crippen molar-refractivity contribution < 1.29 is 8.78 Å². The van der Waals surface area contributed by atoms with Crippen molar-refractivity contribution in [3.63, 3.8) is 0 Å². The van der Waals surface area contributed by atoms with Crippen LogP contribution in [0.3, 0.4) is 0 Å². The first-order chi connectivity index (χ1) is 8.97. The highest BCUT2D eigenvalue weighted by atomic mass is 79.9. The minimum absolute atomic E-state index is 0.160. The summed E-state index contributed by atoms with van der Waals surface area (Å²) in [6.45, 7) is 1.86. The first-order valence-corrected chi connectivity index (χ1v) is 6.81. The molecule has 0 aliphatic heterocycles. The Labute approximate surface area is 123 Å². The molecule has 0 fully saturated rings. The van der Waals surface area contributed by atoms with Crippen molar-refractivity contribution in [1.82, 2.24) is 0 Å². The van der Waals surface area contributed by atoms with Crippen LogP contribution in [0.2, 0.25) is 5.02 Å². The van der Waals surface area contributed by atoms with Gasteiger partial charge in [0.25, 0.3) is 0 Å². The minimum atomic E-state index is -0.847. The van der Waals surface area contributed by atoms with E-state index in [0.717, 1.165) is 16.2 Å². The van der Waals surface area contributed by atoms with Gasteiger partial charge in [0.05, 0.1) is 5.02 Å². The zero-order valence-corrected chi connectivity index (χ0v) is 12.4. The van der Waals surface area contributed by atoms with Crippen LogP contribution in [-0.4, -0.2) is 0 Å². The second kappa shape index (κ2) is 5.88. The number of rotatable bonds is 3. The molecule has 0 aliphatic rings. The first kappa shape index (κ1) is 14.3. The summed E-state index contributed by atoms with van der Waals surface area (Å²) in [5.74, 6) is -1.69. The molecule has 1 N–H and O–H groups in total. The molecule has 0 bridgehead atoms. The lowest BCUT2D eigenvalue weighted by atomic mass is 10.1. The van der Waals surface area contributed by atoms with Gasteiger partial charge in [0.15, 0.2) is 11.6 Å². The van der Waals surface area contributed by atoms with Crippen molar-refractivity contribution in [1.29, 1.82) is 0 Å². The predicted octanol–water partition coefficient (Wildman–Crippen LogP) is 5.55. The zero-order chi connectivity index (χ0) is 14.0. The summed E-state index contributed by atoms with van der Waals surface area (Å²) < 4.78 is 26.8. The van der Waals surface area contributed by atoms with Crippen LogP contribution in [-0.2, 0) is 0 Å². The number of hydrogen-bond acceptors (Lipinski definition) is 1. The third kappa shape index (κ3) is 3.45. The molecule has 0 saturated heterocycles. The molecule has 1 unspecified atom stereocenters. The quantitative estimate of drug-likeness (QED) is 0.768. The third-order valence-corrected chi connectivity index (χ3v) is 3.98. The van der Waals surface area contributed by atoms with E-state index < -0.39 is 11.6 Å². The van der Waals surface area contributed by atoms with E-state index in [2.05, 4.69) is 21.2 Å². The monoisotopic (exact) mass is 345 g/mol. The molecule has 100 valence electrons. The van der Waals surface area contributed by atoms with Gasteiger partial charge >= 0.3 is 0 Å². The molecule has 19 heavy (non-hydrogen) atoms. The van der Waals surface area contributed by atoms with Crippen molar-refractivity contribution >= 4 is 33.2 Å². The van der Waals surface area contributed by atoms with Gasteiger partial charge in [-0.1, -0.05) is 17.7 Å². The fourth-order valence-electron chi connectivity index (χ4n) is 1.70. The molecule has 0 saturated carbocycles. The molecule has 0 radical (unpaired) electrons. The van der Waals surface area contributed by atoms with Crippen molar-refractivity contribution in [3.8, 4) is 0 Å². The molecule has 0 aliphatic carbocycles.